The molecule has 4 nitrogen and oxygen atoms in total. The van der Waals surface area contributed by atoms with Gasteiger partial charge in [-0.25, -0.2) is 4.98 Å². The van der Waals surface area contributed by atoms with E-state index in [0.717, 1.165) is 36.0 Å². The van der Waals surface area contributed by atoms with Crippen LogP contribution in [0.2, 0.25) is 0 Å². The van der Waals surface area contributed by atoms with Gasteiger partial charge in [0.05, 0.1) is 5.69 Å². The van der Waals surface area contributed by atoms with Gasteiger partial charge in [0.15, 0.2) is 0 Å². The lowest BCUT2D eigenvalue weighted by Crippen LogP contribution is -2.41. The van der Waals surface area contributed by atoms with Crippen LogP contribution >= 0.6 is 11.3 Å². The highest BCUT2D eigenvalue weighted by atomic mass is 32.1. The summed E-state index contributed by atoms with van der Waals surface area (Å²) in [7, 11) is 0. The lowest BCUT2D eigenvalue weighted by Gasteiger charge is -2.36. The largest absolute Gasteiger partial charge is 0.366 e. The van der Waals surface area contributed by atoms with Crippen LogP contribution in [0.15, 0.2) is 24.3 Å². The van der Waals surface area contributed by atoms with Gasteiger partial charge in [-0.15, -0.1) is 11.3 Å². The fraction of sp³-hybridized carbons (Fsp3) is 0.444. The Morgan fingerprint density at radius 3 is 2.57 bits per heavy atom. The molecular formula is C18H21N3OS. The highest BCUT2D eigenvalue weighted by Gasteiger charge is 2.27. The summed E-state index contributed by atoms with van der Waals surface area (Å²) in [5.41, 5.74) is 8.18. The van der Waals surface area contributed by atoms with Gasteiger partial charge >= 0.3 is 0 Å². The van der Waals surface area contributed by atoms with E-state index in [1.807, 2.05) is 12.1 Å². The molecule has 2 aromatic rings. The van der Waals surface area contributed by atoms with Crippen molar-refractivity contribution in [3.05, 3.63) is 40.4 Å². The number of aromatic nitrogens is 1. The molecule has 0 saturated heterocycles. The Labute approximate surface area is 140 Å². The Morgan fingerprint density at radius 2 is 1.91 bits per heavy atom. The van der Waals surface area contributed by atoms with Crippen LogP contribution in [0.25, 0.3) is 10.6 Å². The molecule has 2 heterocycles. The van der Waals surface area contributed by atoms with Crippen LogP contribution in [-0.2, 0) is 12.8 Å². The first-order valence-corrected chi connectivity index (χ1v) is 9.15. The number of hydrogen-bond acceptors (Lipinski definition) is 4. The number of nitrogens with zero attached hydrogens (tertiary/aromatic N) is 2. The molecule has 1 aliphatic carbocycles. The topological polar surface area (TPSA) is 59.2 Å². The molecule has 0 bridgehead atoms. The van der Waals surface area contributed by atoms with E-state index in [2.05, 4.69) is 4.90 Å². The number of primary amides is 1. The van der Waals surface area contributed by atoms with E-state index in [1.54, 1.807) is 23.5 Å². The Bertz CT molecular complexity index is 693. The lowest BCUT2D eigenvalue weighted by molar-refractivity contribution is 0.100. The van der Waals surface area contributed by atoms with Gasteiger partial charge in [0.1, 0.15) is 5.01 Å². The normalized spacial score (nSPS) is 19.0. The minimum Gasteiger partial charge on any atom is -0.366 e. The van der Waals surface area contributed by atoms with Crippen LogP contribution in [0.4, 0.5) is 0 Å². The molecule has 1 aliphatic heterocycles. The standard InChI is InChI=1S/C18H21N3OS/c19-17(22)12-4-6-13(7-5-12)18-20-15-8-10-21(14-2-1-3-14)11-9-16(15)23-18/h4-7,14H,1-3,8-11H2,(H2,19,22). The average Bonchev–Trinajstić information content (AvgIpc) is 2.82. The third-order valence-electron chi connectivity index (χ3n) is 5.05. The van der Waals surface area contributed by atoms with Crippen molar-refractivity contribution in [2.45, 2.75) is 38.1 Å². The molecule has 120 valence electrons. The SMILES string of the molecule is NC(=O)c1ccc(-c2nc3c(s2)CCN(C2CCC2)CC3)cc1. The van der Waals surface area contributed by atoms with Crippen molar-refractivity contribution in [3.8, 4) is 10.6 Å². The second-order valence-corrected chi connectivity index (χ2v) is 7.53. The third kappa shape index (κ3) is 2.91. The van der Waals surface area contributed by atoms with E-state index in [9.17, 15) is 4.79 Å². The zero-order valence-electron chi connectivity index (χ0n) is 13.1. The molecule has 23 heavy (non-hydrogen) atoms. The van der Waals surface area contributed by atoms with Crippen LogP contribution in [0.3, 0.4) is 0 Å². The van der Waals surface area contributed by atoms with E-state index in [-0.39, 0.29) is 5.91 Å². The van der Waals surface area contributed by atoms with Crippen LogP contribution in [0.1, 0.15) is 40.2 Å². The van der Waals surface area contributed by atoms with Crippen molar-refractivity contribution in [1.82, 2.24) is 9.88 Å². The maximum atomic E-state index is 11.2. The summed E-state index contributed by atoms with van der Waals surface area (Å²) in [6, 6.07) is 8.27. The first kappa shape index (κ1) is 14.8. The molecule has 5 heteroatoms. The zero-order valence-corrected chi connectivity index (χ0v) is 13.9. The van der Waals surface area contributed by atoms with Gasteiger partial charge in [-0.3, -0.25) is 9.69 Å². The van der Waals surface area contributed by atoms with E-state index in [1.165, 1.54) is 36.4 Å². The number of hydrogen-bond donors (Lipinski definition) is 1. The number of benzene rings is 1. The molecule has 1 aromatic heterocycles. The minimum atomic E-state index is -0.387. The maximum Gasteiger partial charge on any atom is 0.248 e. The van der Waals surface area contributed by atoms with Crippen molar-refractivity contribution in [3.63, 3.8) is 0 Å². The van der Waals surface area contributed by atoms with Crippen molar-refractivity contribution >= 4 is 17.2 Å². The molecule has 1 fully saturated rings. The molecule has 1 aromatic carbocycles. The van der Waals surface area contributed by atoms with E-state index in [4.69, 9.17) is 10.7 Å². The van der Waals surface area contributed by atoms with Crippen LogP contribution < -0.4 is 5.73 Å². The molecule has 2 N–H and O–H groups in total. The molecule has 1 amide bonds. The first-order chi connectivity index (χ1) is 11.2. The van der Waals surface area contributed by atoms with Gasteiger partial charge in [0, 0.05) is 41.6 Å². The number of carbonyl (C=O) groups excluding carboxylic acids is 1. The average molecular weight is 327 g/mol. The van der Waals surface area contributed by atoms with Crippen LogP contribution in [-0.4, -0.2) is 34.9 Å². The fourth-order valence-electron chi connectivity index (χ4n) is 3.40. The van der Waals surface area contributed by atoms with Crippen LogP contribution in [0.5, 0.6) is 0 Å². The summed E-state index contributed by atoms with van der Waals surface area (Å²) in [5.74, 6) is -0.387. The van der Waals surface area contributed by atoms with Gasteiger partial charge in [-0.1, -0.05) is 18.6 Å². The maximum absolute atomic E-state index is 11.2. The van der Waals surface area contributed by atoms with Gasteiger partial charge in [-0.2, -0.15) is 0 Å². The second kappa shape index (κ2) is 6.06. The van der Waals surface area contributed by atoms with Gasteiger partial charge in [0.2, 0.25) is 5.91 Å². The minimum absolute atomic E-state index is 0.387. The molecule has 1 saturated carbocycles. The van der Waals surface area contributed by atoms with E-state index < -0.39 is 0 Å². The lowest BCUT2D eigenvalue weighted by atomic mass is 9.91. The Hall–Kier alpha value is -1.72. The number of nitrogens with two attached hydrogens (primary N) is 1. The molecule has 4 rings (SSSR count). The summed E-state index contributed by atoms with van der Waals surface area (Å²) >= 11 is 1.80. The Kier molecular flexibility index (Phi) is 3.91. The van der Waals surface area contributed by atoms with Crippen LogP contribution in [0, 0.1) is 0 Å². The van der Waals surface area contributed by atoms with Crippen molar-refractivity contribution in [1.29, 1.82) is 0 Å². The van der Waals surface area contributed by atoms with Crippen molar-refractivity contribution in [2.75, 3.05) is 13.1 Å². The monoisotopic (exact) mass is 327 g/mol. The predicted octanol–water partition coefficient (Wildman–Crippen LogP) is 2.86. The van der Waals surface area contributed by atoms with Crippen molar-refractivity contribution < 1.29 is 4.79 Å². The summed E-state index contributed by atoms with van der Waals surface area (Å²) in [5, 5.41) is 1.06. The fourth-order valence-corrected chi connectivity index (χ4v) is 4.50. The number of fused-ring (bicyclic) bond motifs is 1. The highest BCUT2D eigenvalue weighted by molar-refractivity contribution is 7.15. The smallest absolute Gasteiger partial charge is 0.248 e. The number of thiazole rings is 1. The van der Waals surface area contributed by atoms with E-state index >= 15 is 0 Å². The number of carbonyl (C=O) groups is 1. The second-order valence-electron chi connectivity index (χ2n) is 6.45. The Balaban J connectivity index is 1.52. The molecule has 0 spiro atoms. The number of rotatable bonds is 3. The van der Waals surface area contributed by atoms with Gasteiger partial charge < -0.3 is 5.73 Å². The molecule has 0 atom stereocenters. The first-order valence-electron chi connectivity index (χ1n) is 8.33. The zero-order chi connectivity index (χ0) is 15.8. The highest BCUT2D eigenvalue weighted by Crippen LogP contribution is 2.32. The predicted molar refractivity (Wildman–Crippen MR) is 92.7 cm³/mol. The summed E-state index contributed by atoms with van der Waals surface area (Å²) in [6.45, 7) is 2.31. The molecule has 0 radical (unpaired) electrons. The van der Waals surface area contributed by atoms with E-state index in [0.29, 0.717) is 5.56 Å². The molecule has 2 aliphatic rings. The van der Waals surface area contributed by atoms with Crippen molar-refractivity contribution in [2.24, 2.45) is 5.73 Å². The summed E-state index contributed by atoms with van der Waals surface area (Å²) in [6.07, 6.45) is 6.31. The third-order valence-corrected chi connectivity index (χ3v) is 6.25. The van der Waals surface area contributed by atoms with Gasteiger partial charge in [-0.05, 0) is 31.4 Å². The summed E-state index contributed by atoms with van der Waals surface area (Å²) in [4.78, 5) is 20.1. The molecule has 0 unspecified atom stereocenters. The number of amides is 1. The Morgan fingerprint density at radius 1 is 1.17 bits per heavy atom. The molecular weight excluding hydrogens is 306 g/mol. The summed E-state index contributed by atoms with van der Waals surface area (Å²) < 4.78 is 0. The quantitative estimate of drug-likeness (QED) is 0.943. The van der Waals surface area contributed by atoms with Gasteiger partial charge in [0.25, 0.3) is 0 Å².